The number of alkyl halides is 3. The van der Waals surface area contributed by atoms with E-state index in [9.17, 15) is 18.0 Å². The van der Waals surface area contributed by atoms with Crippen LogP contribution < -0.4 is 4.74 Å². The summed E-state index contributed by atoms with van der Waals surface area (Å²) in [5, 5.41) is 3.90. The van der Waals surface area contributed by atoms with E-state index in [1.807, 2.05) is 26.0 Å². The molecule has 8 heteroatoms. The third kappa shape index (κ3) is 5.74. The summed E-state index contributed by atoms with van der Waals surface area (Å²) in [6.07, 6.45) is -1.24. The number of rotatable bonds is 8. The van der Waals surface area contributed by atoms with Gasteiger partial charge in [-0.25, -0.2) is 9.48 Å². The van der Waals surface area contributed by atoms with Crippen molar-refractivity contribution in [2.75, 3.05) is 6.61 Å². The highest BCUT2D eigenvalue weighted by atomic mass is 19.4. The van der Waals surface area contributed by atoms with Gasteiger partial charge in [-0.15, -0.1) is 0 Å². The zero-order valence-corrected chi connectivity index (χ0v) is 19.1. The predicted octanol–water partition coefficient (Wildman–Crippen LogP) is 6.60. The fourth-order valence-electron chi connectivity index (χ4n) is 3.71. The van der Waals surface area contributed by atoms with Crippen LogP contribution in [0.2, 0.25) is 0 Å². The summed E-state index contributed by atoms with van der Waals surface area (Å²) in [5.74, 6) is 0.246. The zero-order valence-electron chi connectivity index (χ0n) is 19.1. The smallest absolute Gasteiger partial charge is 0.419 e. The van der Waals surface area contributed by atoms with Crippen LogP contribution in [0.5, 0.6) is 5.75 Å². The number of aryl methyl sites for hydroxylation is 2. The molecule has 3 rings (SSSR count). The van der Waals surface area contributed by atoms with Crippen molar-refractivity contribution < 1.29 is 27.4 Å². The lowest BCUT2D eigenvalue weighted by Gasteiger charge is -2.21. The van der Waals surface area contributed by atoms with E-state index in [-0.39, 0.29) is 12.1 Å². The third-order valence-corrected chi connectivity index (χ3v) is 5.23. The second-order valence-corrected chi connectivity index (χ2v) is 7.81. The molecule has 1 atom stereocenters. The molecule has 33 heavy (non-hydrogen) atoms. The molecule has 2 aromatic carbocycles. The number of carbonyl (C=O) groups is 1. The zero-order chi connectivity index (χ0) is 24.2. The van der Waals surface area contributed by atoms with Gasteiger partial charge < -0.3 is 9.47 Å². The van der Waals surface area contributed by atoms with Gasteiger partial charge in [0, 0.05) is 6.20 Å². The number of hydrogen-bond donors (Lipinski definition) is 0. The van der Waals surface area contributed by atoms with Crippen LogP contribution in [0.15, 0.2) is 48.8 Å². The number of nitrogens with zero attached hydrogens (tertiary/aromatic N) is 2. The Kier molecular flexibility index (Phi) is 7.46. The first-order valence-corrected chi connectivity index (χ1v) is 10.8. The average Bonchev–Trinajstić information content (AvgIpc) is 3.23. The first-order valence-electron chi connectivity index (χ1n) is 10.8. The number of esters is 1. The highest BCUT2D eigenvalue weighted by Crippen LogP contribution is 2.33. The summed E-state index contributed by atoms with van der Waals surface area (Å²) in [7, 11) is 0. The van der Waals surface area contributed by atoms with Gasteiger partial charge in [0.2, 0.25) is 0 Å². The molecule has 176 valence electrons. The summed E-state index contributed by atoms with van der Waals surface area (Å²) in [5.41, 5.74) is 2.68. The van der Waals surface area contributed by atoms with Gasteiger partial charge in [0.15, 0.2) is 0 Å². The minimum Gasteiger partial charge on any atom is -0.486 e. The van der Waals surface area contributed by atoms with Gasteiger partial charge in [0.1, 0.15) is 11.9 Å². The van der Waals surface area contributed by atoms with E-state index >= 15 is 0 Å². The summed E-state index contributed by atoms with van der Waals surface area (Å²) >= 11 is 0. The highest BCUT2D eigenvalue weighted by Gasteiger charge is 2.32. The molecule has 0 fully saturated rings. The fourth-order valence-corrected chi connectivity index (χ4v) is 3.71. The Hall–Kier alpha value is -3.29. The molecular weight excluding hydrogens is 433 g/mol. The van der Waals surface area contributed by atoms with Crippen LogP contribution in [0.4, 0.5) is 13.2 Å². The molecule has 3 aromatic rings. The second-order valence-electron chi connectivity index (χ2n) is 7.81. The Morgan fingerprint density at radius 1 is 1.09 bits per heavy atom. The molecule has 0 amide bonds. The van der Waals surface area contributed by atoms with E-state index in [2.05, 4.69) is 12.0 Å². The minimum atomic E-state index is -4.45. The summed E-state index contributed by atoms with van der Waals surface area (Å²) in [6.45, 7) is 7.75. The molecule has 0 aliphatic heterocycles. The first-order chi connectivity index (χ1) is 15.6. The maximum Gasteiger partial charge on any atom is 0.419 e. The van der Waals surface area contributed by atoms with Gasteiger partial charge in [-0.05, 0) is 68.1 Å². The lowest BCUT2D eigenvalue weighted by molar-refractivity contribution is -0.137. The average molecular weight is 460 g/mol. The van der Waals surface area contributed by atoms with E-state index in [1.54, 1.807) is 31.2 Å². The Labute approximate surface area is 191 Å². The standard InChI is InChI=1S/C25H27F3N2O3/c1-5-7-22(18-8-10-19(11-9-18)24(31)32-6-2)33-21-12-16(3)23(17(4)13-21)30-15-20(14-29-30)25(26,27)28/h8-15,22H,5-7H2,1-4H3/t22-/m0/s1. The molecule has 0 spiro atoms. The summed E-state index contributed by atoms with van der Waals surface area (Å²) in [4.78, 5) is 11.9. The second kappa shape index (κ2) is 10.1. The normalized spacial score (nSPS) is 12.5. The minimum absolute atomic E-state index is 0.238. The molecule has 0 bridgehead atoms. The number of halogens is 3. The monoisotopic (exact) mass is 460 g/mol. The molecule has 0 saturated heterocycles. The van der Waals surface area contributed by atoms with Crippen LogP contribution in [0, 0.1) is 13.8 Å². The third-order valence-electron chi connectivity index (χ3n) is 5.23. The topological polar surface area (TPSA) is 53.4 Å². The van der Waals surface area contributed by atoms with E-state index in [0.29, 0.717) is 23.6 Å². The molecule has 1 aromatic heterocycles. The van der Waals surface area contributed by atoms with Crippen molar-refractivity contribution in [2.45, 2.75) is 52.8 Å². The Bertz CT molecular complexity index is 1080. The maximum absolute atomic E-state index is 13.0. The van der Waals surface area contributed by atoms with E-state index in [4.69, 9.17) is 9.47 Å². The van der Waals surface area contributed by atoms with Gasteiger partial charge in [0.05, 0.1) is 29.6 Å². The number of hydrogen-bond acceptors (Lipinski definition) is 4. The van der Waals surface area contributed by atoms with Gasteiger partial charge >= 0.3 is 12.1 Å². The SMILES string of the molecule is CCC[C@H](Oc1cc(C)c(-n2cc(C(F)(F)F)cn2)c(C)c1)c1ccc(C(=O)OCC)cc1. The molecule has 0 saturated carbocycles. The molecule has 0 radical (unpaired) electrons. The molecule has 0 unspecified atom stereocenters. The van der Waals surface area contributed by atoms with Crippen LogP contribution in [-0.4, -0.2) is 22.4 Å². The van der Waals surface area contributed by atoms with Gasteiger partial charge in [0.25, 0.3) is 0 Å². The fraction of sp³-hybridized carbons (Fsp3) is 0.360. The van der Waals surface area contributed by atoms with Crippen LogP contribution in [0.3, 0.4) is 0 Å². The van der Waals surface area contributed by atoms with Crippen molar-refractivity contribution in [1.82, 2.24) is 9.78 Å². The van der Waals surface area contributed by atoms with Crippen LogP contribution in [-0.2, 0) is 10.9 Å². The van der Waals surface area contributed by atoms with Crippen molar-refractivity contribution in [3.05, 3.63) is 76.6 Å². The summed E-state index contributed by atoms with van der Waals surface area (Å²) in [6, 6.07) is 10.7. The van der Waals surface area contributed by atoms with Gasteiger partial charge in [-0.3, -0.25) is 0 Å². The number of benzene rings is 2. The Morgan fingerprint density at radius 3 is 2.24 bits per heavy atom. The molecule has 1 heterocycles. The lowest BCUT2D eigenvalue weighted by atomic mass is 10.0. The predicted molar refractivity (Wildman–Crippen MR) is 119 cm³/mol. The quantitative estimate of drug-likeness (QED) is 0.355. The molecular formula is C25H27F3N2O3. The van der Waals surface area contributed by atoms with E-state index in [0.717, 1.165) is 41.9 Å². The molecule has 0 aliphatic rings. The number of carbonyl (C=O) groups excluding carboxylic acids is 1. The highest BCUT2D eigenvalue weighted by molar-refractivity contribution is 5.89. The molecule has 5 nitrogen and oxygen atoms in total. The van der Waals surface area contributed by atoms with Crippen molar-refractivity contribution in [1.29, 1.82) is 0 Å². The number of ether oxygens (including phenoxy) is 2. The van der Waals surface area contributed by atoms with Crippen molar-refractivity contribution in [3.8, 4) is 11.4 Å². The van der Waals surface area contributed by atoms with Crippen LogP contribution >= 0.6 is 0 Å². The van der Waals surface area contributed by atoms with Crippen LogP contribution in [0.25, 0.3) is 5.69 Å². The molecule has 0 aliphatic carbocycles. The van der Waals surface area contributed by atoms with Gasteiger partial charge in [-0.1, -0.05) is 25.5 Å². The maximum atomic E-state index is 13.0. The Balaban J connectivity index is 1.85. The Morgan fingerprint density at radius 2 is 1.73 bits per heavy atom. The van der Waals surface area contributed by atoms with Crippen molar-refractivity contribution in [2.24, 2.45) is 0 Å². The van der Waals surface area contributed by atoms with Crippen molar-refractivity contribution in [3.63, 3.8) is 0 Å². The lowest BCUT2D eigenvalue weighted by Crippen LogP contribution is -2.10. The largest absolute Gasteiger partial charge is 0.486 e. The van der Waals surface area contributed by atoms with E-state index < -0.39 is 11.7 Å². The first kappa shape index (κ1) is 24.4. The number of aromatic nitrogens is 2. The van der Waals surface area contributed by atoms with Crippen molar-refractivity contribution >= 4 is 5.97 Å². The van der Waals surface area contributed by atoms with E-state index in [1.165, 1.54) is 4.68 Å². The van der Waals surface area contributed by atoms with Crippen LogP contribution in [0.1, 0.15) is 65.4 Å². The van der Waals surface area contributed by atoms with Gasteiger partial charge in [-0.2, -0.15) is 18.3 Å². The molecule has 0 N–H and O–H groups in total. The summed E-state index contributed by atoms with van der Waals surface area (Å²) < 4.78 is 51.4.